The lowest BCUT2D eigenvalue weighted by molar-refractivity contribution is -0.117. The Morgan fingerprint density at radius 2 is 1.90 bits per heavy atom. The zero-order valence-electron chi connectivity index (χ0n) is 16.1. The molecule has 3 aromatic rings. The first kappa shape index (κ1) is 18.9. The smallest absolute Gasteiger partial charge is 0.227 e. The van der Waals surface area contributed by atoms with E-state index in [1.807, 2.05) is 54.6 Å². The number of nitrogens with one attached hydrogen (secondary N) is 1. The van der Waals surface area contributed by atoms with Crippen LogP contribution in [-0.4, -0.2) is 23.3 Å². The van der Waals surface area contributed by atoms with Crippen LogP contribution in [0.15, 0.2) is 65.2 Å². The summed E-state index contributed by atoms with van der Waals surface area (Å²) in [7, 11) is 0. The van der Waals surface area contributed by atoms with Crippen LogP contribution < -0.4 is 10.2 Å². The molecule has 0 radical (unpaired) electrons. The summed E-state index contributed by atoms with van der Waals surface area (Å²) in [6.45, 7) is 0.761. The summed E-state index contributed by atoms with van der Waals surface area (Å²) in [6, 6.07) is 17.2. The molecule has 1 N–H and O–H groups in total. The molecule has 1 aliphatic heterocycles. The van der Waals surface area contributed by atoms with Crippen molar-refractivity contribution in [2.75, 3.05) is 16.8 Å². The molecule has 0 atom stereocenters. The Morgan fingerprint density at radius 3 is 2.62 bits per heavy atom. The number of benzene rings is 2. The van der Waals surface area contributed by atoms with Crippen molar-refractivity contribution in [3.8, 4) is 11.3 Å². The van der Waals surface area contributed by atoms with Crippen LogP contribution in [0.25, 0.3) is 11.3 Å². The molecule has 29 heavy (non-hydrogen) atoms. The predicted molar refractivity (Wildman–Crippen MR) is 112 cm³/mol. The summed E-state index contributed by atoms with van der Waals surface area (Å²) in [6.07, 6.45) is 4.87. The summed E-state index contributed by atoms with van der Waals surface area (Å²) in [5.74, 6) is 1.48. The maximum atomic E-state index is 12.2. The molecule has 1 saturated heterocycles. The monoisotopic (exact) mass is 389 g/mol. The largest absolute Gasteiger partial charge is 0.441 e. The van der Waals surface area contributed by atoms with Gasteiger partial charge in [-0.2, -0.15) is 0 Å². The van der Waals surface area contributed by atoms with E-state index in [-0.39, 0.29) is 11.8 Å². The van der Waals surface area contributed by atoms with E-state index in [4.69, 9.17) is 4.42 Å². The lowest BCUT2D eigenvalue weighted by atomic mass is 10.2. The van der Waals surface area contributed by atoms with Crippen LogP contribution >= 0.6 is 0 Å². The Hall–Kier alpha value is -3.41. The molecule has 0 spiro atoms. The van der Waals surface area contributed by atoms with Crippen molar-refractivity contribution >= 4 is 23.2 Å². The van der Waals surface area contributed by atoms with Gasteiger partial charge in [-0.1, -0.05) is 30.3 Å². The molecule has 6 nitrogen and oxygen atoms in total. The highest BCUT2D eigenvalue weighted by atomic mass is 16.4. The Labute approximate surface area is 169 Å². The molecular formula is C23H23N3O3. The van der Waals surface area contributed by atoms with E-state index in [0.717, 1.165) is 35.7 Å². The third-order valence-corrected chi connectivity index (χ3v) is 4.94. The molecule has 2 amide bonds. The fourth-order valence-corrected chi connectivity index (χ4v) is 3.43. The molecule has 6 heteroatoms. The maximum Gasteiger partial charge on any atom is 0.227 e. The zero-order valence-corrected chi connectivity index (χ0v) is 16.1. The van der Waals surface area contributed by atoms with Gasteiger partial charge < -0.3 is 14.6 Å². The van der Waals surface area contributed by atoms with Gasteiger partial charge in [0.2, 0.25) is 11.8 Å². The highest BCUT2D eigenvalue weighted by Crippen LogP contribution is 2.23. The van der Waals surface area contributed by atoms with Crippen LogP contribution in [0.2, 0.25) is 0 Å². The molecule has 4 rings (SSSR count). The fourth-order valence-electron chi connectivity index (χ4n) is 3.43. The number of anilines is 2. The van der Waals surface area contributed by atoms with Crippen molar-refractivity contribution in [2.24, 2.45) is 0 Å². The highest BCUT2D eigenvalue weighted by Gasteiger charge is 2.21. The van der Waals surface area contributed by atoms with Crippen molar-refractivity contribution in [2.45, 2.75) is 32.1 Å². The van der Waals surface area contributed by atoms with Crippen LogP contribution in [0.1, 0.15) is 31.6 Å². The van der Waals surface area contributed by atoms with E-state index in [1.165, 1.54) is 0 Å². The molecule has 2 aromatic carbocycles. The van der Waals surface area contributed by atoms with Gasteiger partial charge in [-0.3, -0.25) is 9.59 Å². The van der Waals surface area contributed by atoms with Gasteiger partial charge in [0.1, 0.15) is 0 Å². The average Bonchev–Trinajstić information content (AvgIpc) is 3.38. The first-order valence-electron chi connectivity index (χ1n) is 9.89. The first-order valence-corrected chi connectivity index (χ1v) is 9.89. The van der Waals surface area contributed by atoms with Gasteiger partial charge in [-0.05, 0) is 37.1 Å². The van der Waals surface area contributed by atoms with Gasteiger partial charge in [0.15, 0.2) is 11.7 Å². The molecule has 0 bridgehead atoms. The van der Waals surface area contributed by atoms with Crippen LogP contribution in [0.3, 0.4) is 0 Å². The predicted octanol–water partition coefficient (Wildman–Crippen LogP) is 4.43. The Kier molecular flexibility index (Phi) is 5.70. The minimum Gasteiger partial charge on any atom is -0.441 e. The van der Waals surface area contributed by atoms with E-state index in [0.29, 0.717) is 31.6 Å². The number of carbonyl (C=O) groups excluding carboxylic acids is 2. The molecular weight excluding hydrogens is 366 g/mol. The molecule has 1 aliphatic rings. The van der Waals surface area contributed by atoms with E-state index in [2.05, 4.69) is 10.3 Å². The fraction of sp³-hybridized carbons (Fsp3) is 0.261. The molecule has 0 saturated carbocycles. The second kappa shape index (κ2) is 8.73. The van der Waals surface area contributed by atoms with Crippen molar-refractivity contribution in [3.05, 3.63) is 66.7 Å². The normalized spacial score (nSPS) is 13.7. The molecule has 0 unspecified atom stereocenters. The number of oxazole rings is 1. The standard InChI is InChI=1S/C23H23N3O3/c27-21(25-18-11-13-19(14-12-18)26-15-5-10-23(26)28)8-4-9-22-24-16-20(29-22)17-6-2-1-3-7-17/h1-3,6-7,11-14,16H,4-5,8-10,15H2,(H,25,27). The second-order valence-electron chi connectivity index (χ2n) is 7.08. The minimum absolute atomic E-state index is 0.0511. The number of nitrogens with zero attached hydrogens (tertiary/aromatic N) is 2. The molecule has 148 valence electrons. The topological polar surface area (TPSA) is 75.4 Å². The number of hydrogen-bond donors (Lipinski definition) is 1. The number of carbonyl (C=O) groups is 2. The number of amides is 2. The van der Waals surface area contributed by atoms with E-state index < -0.39 is 0 Å². The maximum absolute atomic E-state index is 12.2. The summed E-state index contributed by atoms with van der Waals surface area (Å²) >= 11 is 0. The number of aryl methyl sites for hydroxylation is 1. The summed E-state index contributed by atoms with van der Waals surface area (Å²) in [5, 5.41) is 2.89. The van der Waals surface area contributed by atoms with Gasteiger partial charge in [0.25, 0.3) is 0 Å². The molecule has 2 heterocycles. The second-order valence-corrected chi connectivity index (χ2v) is 7.08. The SMILES string of the molecule is O=C(CCCc1ncc(-c2ccccc2)o1)Nc1ccc(N2CCCC2=O)cc1. The first-order chi connectivity index (χ1) is 14.2. The van der Waals surface area contributed by atoms with E-state index >= 15 is 0 Å². The van der Waals surface area contributed by atoms with Crippen LogP contribution in [0.5, 0.6) is 0 Å². The summed E-state index contributed by atoms with van der Waals surface area (Å²) in [4.78, 5) is 30.1. The lowest BCUT2D eigenvalue weighted by Crippen LogP contribution is -2.23. The van der Waals surface area contributed by atoms with Gasteiger partial charge in [-0.15, -0.1) is 0 Å². The number of hydrogen-bond acceptors (Lipinski definition) is 4. The van der Waals surface area contributed by atoms with Crippen LogP contribution in [-0.2, 0) is 16.0 Å². The van der Waals surface area contributed by atoms with E-state index in [9.17, 15) is 9.59 Å². The average molecular weight is 389 g/mol. The summed E-state index contributed by atoms with van der Waals surface area (Å²) in [5.41, 5.74) is 2.60. The number of aromatic nitrogens is 1. The quantitative estimate of drug-likeness (QED) is 0.649. The zero-order chi connectivity index (χ0) is 20.1. The third-order valence-electron chi connectivity index (χ3n) is 4.94. The molecule has 1 aromatic heterocycles. The third kappa shape index (κ3) is 4.71. The lowest BCUT2D eigenvalue weighted by Gasteiger charge is -2.16. The van der Waals surface area contributed by atoms with E-state index in [1.54, 1.807) is 11.1 Å². The molecule has 1 fully saturated rings. The Bertz CT molecular complexity index is 980. The number of rotatable bonds is 7. The van der Waals surface area contributed by atoms with Crippen molar-refractivity contribution in [3.63, 3.8) is 0 Å². The van der Waals surface area contributed by atoms with Crippen molar-refractivity contribution in [1.82, 2.24) is 4.98 Å². The van der Waals surface area contributed by atoms with Gasteiger partial charge in [0, 0.05) is 42.7 Å². The summed E-state index contributed by atoms with van der Waals surface area (Å²) < 4.78 is 5.77. The van der Waals surface area contributed by atoms with Gasteiger partial charge in [-0.25, -0.2) is 4.98 Å². The van der Waals surface area contributed by atoms with Crippen molar-refractivity contribution in [1.29, 1.82) is 0 Å². The van der Waals surface area contributed by atoms with Crippen LogP contribution in [0.4, 0.5) is 11.4 Å². The van der Waals surface area contributed by atoms with Gasteiger partial charge in [0.05, 0.1) is 6.20 Å². The Balaban J connectivity index is 1.24. The minimum atomic E-state index is -0.0511. The van der Waals surface area contributed by atoms with Gasteiger partial charge >= 0.3 is 0 Å². The Morgan fingerprint density at radius 1 is 1.10 bits per heavy atom. The van der Waals surface area contributed by atoms with Crippen LogP contribution in [0, 0.1) is 0 Å². The van der Waals surface area contributed by atoms with Crippen molar-refractivity contribution < 1.29 is 14.0 Å². The molecule has 0 aliphatic carbocycles. The highest BCUT2D eigenvalue weighted by molar-refractivity contribution is 5.96.